The van der Waals surface area contributed by atoms with Gasteiger partial charge < -0.3 is 10.1 Å². The van der Waals surface area contributed by atoms with Crippen LogP contribution in [0.15, 0.2) is 6.20 Å². The molecule has 0 unspecified atom stereocenters. The molecule has 2 heterocycles. The van der Waals surface area contributed by atoms with Crippen molar-refractivity contribution in [1.82, 2.24) is 10.2 Å². The second kappa shape index (κ2) is 7.36. The zero-order valence-corrected chi connectivity index (χ0v) is 14.9. The molecular weight excluding hydrogens is 350 g/mol. The third kappa shape index (κ3) is 3.32. The number of halogens is 1. The van der Waals surface area contributed by atoms with Gasteiger partial charge in [-0.1, -0.05) is 18.5 Å². The molecule has 0 bridgehead atoms. The molecule has 0 aromatic carbocycles. The summed E-state index contributed by atoms with van der Waals surface area (Å²) in [7, 11) is 0. The van der Waals surface area contributed by atoms with Crippen molar-refractivity contribution in [2.24, 2.45) is 0 Å². The number of ether oxygens (including phenoxy) is 1. The van der Waals surface area contributed by atoms with Gasteiger partial charge in [0.2, 0.25) is 0 Å². The Balaban J connectivity index is 1.91. The molecule has 24 heavy (non-hydrogen) atoms. The maximum absolute atomic E-state index is 12.5. The molecule has 0 aliphatic heterocycles. The lowest BCUT2D eigenvalue weighted by Crippen LogP contribution is -2.16. The van der Waals surface area contributed by atoms with E-state index in [1.54, 1.807) is 0 Å². The van der Waals surface area contributed by atoms with Gasteiger partial charge in [0.25, 0.3) is 5.91 Å². The van der Waals surface area contributed by atoms with Gasteiger partial charge in [-0.25, -0.2) is 4.79 Å². The molecule has 1 aliphatic rings. The van der Waals surface area contributed by atoms with E-state index in [9.17, 15) is 9.59 Å². The number of esters is 1. The summed E-state index contributed by atoms with van der Waals surface area (Å²) in [5.41, 5.74) is 1.68. The van der Waals surface area contributed by atoms with E-state index in [0.717, 1.165) is 42.5 Å². The van der Waals surface area contributed by atoms with Crippen LogP contribution in [-0.2, 0) is 17.6 Å². The lowest BCUT2D eigenvalue weighted by molar-refractivity contribution is 0.0505. The van der Waals surface area contributed by atoms with Crippen LogP contribution in [0.25, 0.3) is 0 Å². The van der Waals surface area contributed by atoms with Gasteiger partial charge in [-0.05, 0) is 37.7 Å². The van der Waals surface area contributed by atoms with Crippen LogP contribution in [0.5, 0.6) is 0 Å². The molecule has 0 atom stereocenters. The fourth-order valence-electron chi connectivity index (χ4n) is 2.73. The van der Waals surface area contributed by atoms with Gasteiger partial charge in [-0.15, -0.1) is 11.3 Å². The van der Waals surface area contributed by atoms with Crippen molar-refractivity contribution in [3.8, 4) is 0 Å². The number of anilines is 1. The van der Waals surface area contributed by atoms with Crippen LogP contribution >= 0.6 is 22.9 Å². The SMILES string of the molecule is CCCOC(=O)c1c(NC(=O)c2[nH]ncc2Cl)sc2c1CCCC2. The molecule has 6 nitrogen and oxygen atoms in total. The third-order valence-corrected chi connectivity index (χ3v) is 5.35. The molecule has 0 fully saturated rings. The molecule has 0 spiro atoms. The van der Waals surface area contributed by atoms with Crippen LogP contribution in [0.4, 0.5) is 5.00 Å². The Hall–Kier alpha value is -1.86. The first-order chi connectivity index (χ1) is 11.6. The van der Waals surface area contributed by atoms with E-state index in [-0.39, 0.29) is 16.7 Å². The van der Waals surface area contributed by atoms with Crippen molar-refractivity contribution in [2.45, 2.75) is 39.0 Å². The zero-order valence-electron chi connectivity index (χ0n) is 13.3. The average molecular weight is 368 g/mol. The predicted molar refractivity (Wildman–Crippen MR) is 93.1 cm³/mol. The number of carbonyl (C=O) groups is 2. The van der Waals surface area contributed by atoms with Crippen molar-refractivity contribution in [3.05, 3.63) is 32.9 Å². The Bertz CT molecular complexity index is 769. The monoisotopic (exact) mass is 367 g/mol. The highest BCUT2D eigenvalue weighted by molar-refractivity contribution is 7.17. The minimum atomic E-state index is -0.416. The predicted octanol–water partition coefficient (Wildman–Crippen LogP) is 3.82. The van der Waals surface area contributed by atoms with Gasteiger partial charge in [0.05, 0.1) is 23.4 Å². The quantitative estimate of drug-likeness (QED) is 0.787. The number of hydrogen-bond donors (Lipinski definition) is 2. The Morgan fingerprint density at radius 2 is 2.21 bits per heavy atom. The highest BCUT2D eigenvalue weighted by atomic mass is 35.5. The third-order valence-electron chi connectivity index (χ3n) is 3.86. The minimum Gasteiger partial charge on any atom is -0.462 e. The van der Waals surface area contributed by atoms with Gasteiger partial charge >= 0.3 is 5.97 Å². The van der Waals surface area contributed by atoms with Crippen molar-refractivity contribution >= 4 is 39.8 Å². The lowest BCUT2D eigenvalue weighted by Gasteiger charge is -2.12. The molecule has 2 N–H and O–H groups in total. The van der Waals surface area contributed by atoms with Crippen LogP contribution < -0.4 is 5.32 Å². The Labute approximate surface area is 148 Å². The standard InChI is InChI=1S/C16H18ClN3O3S/c1-2-7-23-16(22)12-9-5-3-4-6-11(9)24-15(12)19-14(21)13-10(17)8-18-20-13/h8H,2-7H2,1H3,(H,18,20)(H,19,21). The number of rotatable bonds is 5. The first-order valence-electron chi connectivity index (χ1n) is 7.93. The first-order valence-corrected chi connectivity index (χ1v) is 9.13. The van der Waals surface area contributed by atoms with E-state index >= 15 is 0 Å². The summed E-state index contributed by atoms with van der Waals surface area (Å²) in [5.74, 6) is -0.789. The van der Waals surface area contributed by atoms with Crippen molar-refractivity contribution in [2.75, 3.05) is 11.9 Å². The van der Waals surface area contributed by atoms with Crippen molar-refractivity contribution in [1.29, 1.82) is 0 Å². The molecule has 2 aromatic heterocycles. The van der Waals surface area contributed by atoms with Gasteiger partial charge in [0, 0.05) is 4.88 Å². The van der Waals surface area contributed by atoms with Gasteiger partial charge in [-0.3, -0.25) is 9.89 Å². The highest BCUT2D eigenvalue weighted by Crippen LogP contribution is 2.38. The number of carbonyl (C=O) groups excluding carboxylic acids is 2. The Morgan fingerprint density at radius 1 is 1.42 bits per heavy atom. The first kappa shape index (κ1) is 17.0. The largest absolute Gasteiger partial charge is 0.462 e. The number of thiophene rings is 1. The molecule has 2 aromatic rings. The normalized spacial score (nSPS) is 13.4. The van der Waals surface area contributed by atoms with E-state index in [4.69, 9.17) is 16.3 Å². The fraction of sp³-hybridized carbons (Fsp3) is 0.438. The number of hydrogen-bond acceptors (Lipinski definition) is 5. The van der Waals surface area contributed by atoms with E-state index in [1.165, 1.54) is 17.5 Å². The average Bonchev–Trinajstić information content (AvgIpc) is 3.15. The van der Waals surface area contributed by atoms with E-state index in [2.05, 4.69) is 15.5 Å². The molecule has 8 heteroatoms. The number of aryl methyl sites for hydroxylation is 1. The van der Waals surface area contributed by atoms with E-state index in [0.29, 0.717) is 17.2 Å². The van der Waals surface area contributed by atoms with E-state index < -0.39 is 5.91 Å². The van der Waals surface area contributed by atoms with E-state index in [1.807, 2.05) is 6.92 Å². The van der Waals surface area contributed by atoms with Crippen LogP contribution in [0.1, 0.15) is 57.5 Å². The Morgan fingerprint density at radius 3 is 2.92 bits per heavy atom. The van der Waals surface area contributed by atoms with Crippen molar-refractivity contribution < 1.29 is 14.3 Å². The molecular formula is C16H18ClN3O3S. The van der Waals surface area contributed by atoms with Crippen molar-refractivity contribution in [3.63, 3.8) is 0 Å². The topological polar surface area (TPSA) is 84.1 Å². The summed E-state index contributed by atoms with van der Waals surface area (Å²) in [6.07, 6.45) is 6.02. The number of amides is 1. The summed E-state index contributed by atoms with van der Waals surface area (Å²) in [6, 6.07) is 0. The summed E-state index contributed by atoms with van der Waals surface area (Å²) in [4.78, 5) is 26.0. The molecule has 3 rings (SSSR count). The fourth-order valence-corrected chi connectivity index (χ4v) is 4.18. The highest BCUT2D eigenvalue weighted by Gasteiger charge is 2.28. The molecule has 0 saturated heterocycles. The Kier molecular flexibility index (Phi) is 5.20. The minimum absolute atomic E-state index is 0.177. The number of nitrogens with zero attached hydrogens (tertiary/aromatic N) is 1. The number of aromatic amines is 1. The lowest BCUT2D eigenvalue weighted by atomic mass is 9.95. The molecule has 0 radical (unpaired) electrons. The summed E-state index contributed by atoms with van der Waals surface area (Å²) >= 11 is 7.38. The number of aromatic nitrogens is 2. The second-order valence-corrected chi connectivity index (χ2v) is 7.11. The second-order valence-electron chi connectivity index (χ2n) is 5.60. The van der Waals surface area contributed by atoms with Gasteiger partial charge in [0.15, 0.2) is 0 Å². The summed E-state index contributed by atoms with van der Waals surface area (Å²) < 4.78 is 5.31. The zero-order chi connectivity index (χ0) is 17.1. The van der Waals surface area contributed by atoms with Crippen LogP contribution in [-0.4, -0.2) is 28.7 Å². The maximum Gasteiger partial charge on any atom is 0.341 e. The molecule has 0 saturated carbocycles. The van der Waals surface area contributed by atoms with Gasteiger partial charge in [0.1, 0.15) is 10.7 Å². The number of nitrogens with one attached hydrogen (secondary N) is 2. The number of fused-ring (bicyclic) bond motifs is 1. The van der Waals surface area contributed by atoms with Crippen LogP contribution in [0.3, 0.4) is 0 Å². The van der Waals surface area contributed by atoms with Gasteiger partial charge in [-0.2, -0.15) is 5.10 Å². The maximum atomic E-state index is 12.5. The number of H-pyrrole nitrogens is 1. The summed E-state index contributed by atoms with van der Waals surface area (Å²) in [6.45, 7) is 2.31. The summed E-state index contributed by atoms with van der Waals surface area (Å²) in [5, 5.41) is 9.86. The molecule has 1 aliphatic carbocycles. The molecule has 128 valence electrons. The van der Waals surface area contributed by atoms with Crippen LogP contribution in [0.2, 0.25) is 5.02 Å². The molecule has 1 amide bonds. The van der Waals surface area contributed by atoms with Crippen LogP contribution in [0, 0.1) is 0 Å². The smallest absolute Gasteiger partial charge is 0.341 e.